The number of rotatable bonds is 4. The third kappa shape index (κ3) is 3.59. The Labute approximate surface area is 193 Å². The van der Waals surface area contributed by atoms with Gasteiger partial charge in [0.1, 0.15) is 12.4 Å². The summed E-state index contributed by atoms with van der Waals surface area (Å²) in [6.45, 7) is 3.34. The first-order chi connectivity index (χ1) is 15.3. The smallest absolute Gasteiger partial charge is 0.243 e. The molecule has 0 aliphatic carbocycles. The maximum absolute atomic E-state index is 12.8. The van der Waals surface area contributed by atoms with E-state index in [-0.39, 0.29) is 5.91 Å². The van der Waals surface area contributed by atoms with Gasteiger partial charge in [0, 0.05) is 30.8 Å². The number of amides is 1. The minimum Gasteiger partial charge on any atom is -0.492 e. The van der Waals surface area contributed by atoms with E-state index in [9.17, 15) is 13.2 Å². The Balaban J connectivity index is 1.18. The summed E-state index contributed by atoms with van der Waals surface area (Å²) < 4.78 is 32.1. The van der Waals surface area contributed by atoms with Gasteiger partial charge >= 0.3 is 0 Å². The lowest BCUT2D eigenvalue weighted by Crippen LogP contribution is -2.47. The summed E-state index contributed by atoms with van der Waals surface area (Å²) in [5.74, 6) is 0.760. The molecule has 0 atom stereocenters. The molecule has 0 bridgehead atoms. The monoisotopic (exact) mass is 475 g/mol. The number of likely N-dealkylation sites (N-methyl/N-ethyl adjacent to an activating group) is 1. The topological polar surface area (TPSA) is 79.0 Å². The van der Waals surface area contributed by atoms with E-state index >= 15 is 0 Å². The number of halogens is 1. The van der Waals surface area contributed by atoms with E-state index in [2.05, 4.69) is 10.2 Å². The van der Waals surface area contributed by atoms with Gasteiger partial charge in [0.25, 0.3) is 0 Å². The highest BCUT2D eigenvalue weighted by molar-refractivity contribution is 7.89. The van der Waals surface area contributed by atoms with E-state index in [1.807, 2.05) is 18.2 Å². The number of nitrogens with zero attached hydrogens (tertiary/aromatic N) is 2. The minimum absolute atomic E-state index is 0.0697. The molecule has 5 rings (SSSR count). The zero-order valence-electron chi connectivity index (χ0n) is 17.9. The number of hydrogen-bond acceptors (Lipinski definition) is 5. The van der Waals surface area contributed by atoms with Crippen LogP contribution in [-0.2, 0) is 26.7 Å². The molecule has 0 saturated carbocycles. The van der Waals surface area contributed by atoms with E-state index in [1.165, 1.54) is 4.31 Å². The summed E-state index contributed by atoms with van der Waals surface area (Å²) >= 11 is 6.19. The van der Waals surface area contributed by atoms with Crippen LogP contribution < -0.4 is 10.1 Å². The van der Waals surface area contributed by atoms with Crippen LogP contribution in [0.5, 0.6) is 5.75 Å². The van der Waals surface area contributed by atoms with Crippen molar-refractivity contribution in [2.24, 2.45) is 0 Å². The number of benzene rings is 2. The highest BCUT2D eigenvalue weighted by Crippen LogP contribution is 2.45. The third-order valence-electron chi connectivity index (χ3n) is 6.98. The first kappa shape index (κ1) is 21.7. The number of likely N-dealkylation sites (tertiary alicyclic amines) is 1. The van der Waals surface area contributed by atoms with E-state index in [0.717, 1.165) is 49.3 Å². The van der Waals surface area contributed by atoms with Crippen LogP contribution in [0.4, 0.5) is 5.69 Å². The van der Waals surface area contributed by atoms with Crippen molar-refractivity contribution in [3.63, 3.8) is 0 Å². The summed E-state index contributed by atoms with van der Waals surface area (Å²) in [6, 6.07) is 10.8. The molecule has 7 nitrogen and oxygen atoms in total. The lowest BCUT2D eigenvalue weighted by Gasteiger charge is -2.38. The number of carbonyl (C=O) groups is 1. The number of sulfonamides is 1. The zero-order valence-corrected chi connectivity index (χ0v) is 19.5. The molecule has 1 fully saturated rings. The molecule has 32 heavy (non-hydrogen) atoms. The molecule has 1 spiro atoms. The van der Waals surface area contributed by atoms with Crippen LogP contribution in [0, 0.1) is 0 Å². The Hall–Kier alpha value is -2.13. The molecule has 3 aliphatic rings. The van der Waals surface area contributed by atoms with E-state index < -0.39 is 15.4 Å². The SMILES string of the molecule is CN1CCc2cc(OCCN3CCC4(CC3)C(=O)Nc3ccc(Cl)cc34)ccc2S1(=O)=O. The van der Waals surface area contributed by atoms with Crippen LogP contribution in [0.3, 0.4) is 0 Å². The molecule has 3 aliphatic heterocycles. The van der Waals surface area contributed by atoms with Gasteiger partial charge in [-0.05, 0) is 79.9 Å². The summed E-state index contributed by atoms with van der Waals surface area (Å²) in [4.78, 5) is 15.4. The van der Waals surface area contributed by atoms with Crippen molar-refractivity contribution in [2.45, 2.75) is 29.6 Å². The number of hydrogen-bond donors (Lipinski definition) is 1. The van der Waals surface area contributed by atoms with Gasteiger partial charge in [0.15, 0.2) is 0 Å². The quantitative estimate of drug-likeness (QED) is 0.735. The summed E-state index contributed by atoms with van der Waals surface area (Å²) in [5.41, 5.74) is 2.21. The van der Waals surface area contributed by atoms with Gasteiger partial charge in [0.2, 0.25) is 15.9 Å². The van der Waals surface area contributed by atoms with Gasteiger partial charge in [-0.25, -0.2) is 12.7 Å². The molecule has 170 valence electrons. The molecule has 9 heteroatoms. The first-order valence-electron chi connectivity index (χ1n) is 10.9. The van der Waals surface area contributed by atoms with Crippen LogP contribution >= 0.6 is 11.6 Å². The van der Waals surface area contributed by atoms with Crippen molar-refractivity contribution >= 4 is 33.2 Å². The van der Waals surface area contributed by atoms with Crippen molar-refractivity contribution in [3.05, 3.63) is 52.5 Å². The van der Waals surface area contributed by atoms with Crippen LogP contribution in [0.15, 0.2) is 41.3 Å². The average Bonchev–Trinajstić information content (AvgIpc) is 3.03. The maximum atomic E-state index is 12.8. The average molecular weight is 476 g/mol. The van der Waals surface area contributed by atoms with Gasteiger partial charge in [0.05, 0.1) is 10.3 Å². The van der Waals surface area contributed by atoms with Crippen LogP contribution in [-0.4, -0.2) is 63.4 Å². The van der Waals surface area contributed by atoms with Crippen LogP contribution in [0.1, 0.15) is 24.0 Å². The Bertz CT molecular complexity index is 1180. The number of anilines is 1. The lowest BCUT2D eigenvalue weighted by atomic mass is 9.73. The van der Waals surface area contributed by atoms with Gasteiger partial charge in [-0.15, -0.1) is 0 Å². The highest BCUT2D eigenvalue weighted by atomic mass is 35.5. The Morgan fingerprint density at radius 1 is 1.12 bits per heavy atom. The fraction of sp³-hybridized carbons (Fsp3) is 0.435. The molecule has 2 aromatic carbocycles. The number of ether oxygens (including phenoxy) is 1. The van der Waals surface area contributed by atoms with Crippen molar-refractivity contribution in [3.8, 4) is 5.75 Å². The summed E-state index contributed by atoms with van der Waals surface area (Å²) in [5, 5.41) is 3.66. The molecule has 0 unspecified atom stereocenters. The molecular weight excluding hydrogens is 450 g/mol. The molecule has 2 aromatic rings. The maximum Gasteiger partial charge on any atom is 0.243 e. The zero-order chi connectivity index (χ0) is 22.5. The van der Waals surface area contributed by atoms with E-state index in [4.69, 9.17) is 16.3 Å². The van der Waals surface area contributed by atoms with Crippen molar-refractivity contribution in [2.75, 3.05) is 45.2 Å². The van der Waals surface area contributed by atoms with Gasteiger partial charge in [-0.3, -0.25) is 9.69 Å². The van der Waals surface area contributed by atoms with Gasteiger partial charge in [-0.2, -0.15) is 0 Å². The van der Waals surface area contributed by atoms with E-state index in [1.54, 1.807) is 25.2 Å². The number of carbonyl (C=O) groups excluding carboxylic acids is 1. The molecule has 1 N–H and O–H groups in total. The number of piperidine rings is 1. The molecule has 1 amide bonds. The summed E-state index contributed by atoms with van der Waals surface area (Å²) in [7, 11) is -1.78. The number of fused-ring (bicyclic) bond motifs is 3. The molecule has 1 saturated heterocycles. The van der Waals surface area contributed by atoms with Crippen molar-refractivity contribution in [1.29, 1.82) is 0 Å². The summed E-state index contributed by atoms with van der Waals surface area (Å²) in [6.07, 6.45) is 2.18. The van der Waals surface area contributed by atoms with Crippen LogP contribution in [0.2, 0.25) is 5.02 Å². The van der Waals surface area contributed by atoms with E-state index in [0.29, 0.717) is 35.2 Å². The molecule has 0 aromatic heterocycles. The minimum atomic E-state index is -3.39. The van der Waals surface area contributed by atoms with Crippen molar-refractivity contribution in [1.82, 2.24) is 9.21 Å². The van der Waals surface area contributed by atoms with Gasteiger partial charge in [-0.1, -0.05) is 11.6 Å². The fourth-order valence-corrected chi connectivity index (χ4v) is 6.56. The molecule has 0 radical (unpaired) electrons. The predicted molar refractivity (Wildman–Crippen MR) is 123 cm³/mol. The molecular formula is C23H26ClN3O4S. The Kier molecular flexibility index (Phi) is 5.44. The first-order valence-corrected chi connectivity index (χ1v) is 12.7. The highest BCUT2D eigenvalue weighted by Gasteiger charge is 2.48. The largest absolute Gasteiger partial charge is 0.492 e. The second kappa shape index (κ2) is 8.02. The predicted octanol–water partition coefficient (Wildman–Crippen LogP) is 2.88. The second-order valence-electron chi connectivity index (χ2n) is 8.76. The standard InChI is InChI=1S/C23H26ClN3O4S/c1-26-9-6-16-14-18(3-5-21(16)32(26,29)30)31-13-12-27-10-7-23(8-11-27)19-15-17(24)2-4-20(19)25-22(23)28/h2-5,14-15H,6-13H2,1H3,(H,25,28). The normalized spacial score (nSPS) is 21.8. The lowest BCUT2D eigenvalue weighted by molar-refractivity contribution is -0.122. The molecule has 3 heterocycles. The van der Waals surface area contributed by atoms with Crippen molar-refractivity contribution < 1.29 is 17.9 Å². The fourth-order valence-electron chi connectivity index (χ4n) is 4.99. The number of nitrogens with one attached hydrogen (secondary N) is 1. The van der Waals surface area contributed by atoms with Gasteiger partial charge < -0.3 is 10.1 Å². The van der Waals surface area contributed by atoms with Crippen LogP contribution in [0.25, 0.3) is 0 Å². The second-order valence-corrected chi connectivity index (χ2v) is 11.2. The third-order valence-corrected chi connectivity index (χ3v) is 9.17. The Morgan fingerprint density at radius 3 is 2.69 bits per heavy atom. The Morgan fingerprint density at radius 2 is 1.91 bits per heavy atom.